The quantitative estimate of drug-likeness (QED) is 0.191. The van der Waals surface area contributed by atoms with Crippen LogP contribution in [0, 0.1) is 0 Å². The molecular formula is C29H34O6. The number of ether oxygens (including phenoxy) is 5. The summed E-state index contributed by atoms with van der Waals surface area (Å²) in [4.78, 5) is 12.1. The first-order valence-electron chi connectivity index (χ1n) is 12.1. The van der Waals surface area contributed by atoms with E-state index < -0.39 is 6.10 Å². The predicted octanol–water partition coefficient (Wildman–Crippen LogP) is 6.23. The van der Waals surface area contributed by atoms with E-state index in [0.717, 1.165) is 41.4 Å². The van der Waals surface area contributed by atoms with Gasteiger partial charge in [0.15, 0.2) is 6.10 Å². The number of rotatable bonds is 15. The lowest BCUT2D eigenvalue weighted by Gasteiger charge is -2.16. The van der Waals surface area contributed by atoms with Gasteiger partial charge in [0.05, 0.1) is 19.8 Å². The van der Waals surface area contributed by atoms with Crippen molar-refractivity contribution in [2.24, 2.45) is 0 Å². The first-order chi connectivity index (χ1) is 17.2. The van der Waals surface area contributed by atoms with Crippen molar-refractivity contribution in [1.82, 2.24) is 0 Å². The number of benzene rings is 3. The summed E-state index contributed by atoms with van der Waals surface area (Å²) in [5, 5.41) is 0. The summed E-state index contributed by atoms with van der Waals surface area (Å²) in [5.74, 6) is 2.81. The van der Waals surface area contributed by atoms with Crippen molar-refractivity contribution in [3.8, 4) is 23.0 Å². The van der Waals surface area contributed by atoms with Crippen molar-refractivity contribution in [3.63, 3.8) is 0 Å². The largest absolute Gasteiger partial charge is 0.493 e. The Morgan fingerprint density at radius 3 is 1.89 bits per heavy atom. The number of para-hydroxylation sites is 1. The molecule has 0 aliphatic carbocycles. The molecule has 0 unspecified atom stereocenters. The highest BCUT2D eigenvalue weighted by Crippen LogP contribution is 2.23. The van der Waals surface area contributed by atoms with Crippen LogP contribution >= 0.6 is 0 Å². The van der Waals surface area contributed by atoms with Gasteiger partial charge in [0, 0.05) is 19.4 Å². The molecule has 0 heterocycles. The van der Waals surface area contributed by atoms with E-state index in [1.807, 2.05) is 85.8 Å². The minimum absolute atomic E-state index is 0.320. The maximum atomic E-state index is 12.1. The van der Waals surface area contributed by atoms with Gasteiger partial charge in [-0.05, 0) is 67.4 Å². The average molecular weight is 479 g/mol. The fourth-order valence-corrected chi connectivity index (χ4v) is 3.31. The smallest absolute Gasteiger partial charge is 0.335 e. The molecule has 35 heavy (non-hydrogen) atoms. The fraction of sp³-hybridized carbons (Fsp3) is 0.345. The SMILES string of the molecule is CCCO[C@@H](Cc1ccc(OCCCOc2ccc(Oc3ccccc3)cc2)cc1)C(=O)OCC. The van der Waals surface area contributed by atoms with Gasteiger partial charge in [-0.1, -0.05) is 37.3 Å². The van der Waals surface area contributed by atoms with E-state index in [1.54, 1.807) is 6.92 Å². The summed E-state index contributed by atoms with van der Waals surface area (Å²) >= 11 is 0. The van der Waals surface area contributed by atoms with Crippen LogP contribution in [-0.4, -0.2) is 38.5 Å². The standard InChI is InChI=1S/C29H34O6/c1-3-19-34-28(29(30)31-4-2)22-23-11-13-24(14-12-23)32-20-8-21-33-25-15-17-27(18-16-25)35-26-9-6-5-7-10-26/h5-7,9-18,28H,3-4,8,19-22H2,1-2H3/t28-/m0/s1. The molecule has 0 N–H and O–H groups in total. The normalized spacial score (nSPS) is 11.5. The summed E-state index contributed by atoms with van der Waals surface area (Å²) < 4.78 is 28.2. The van der Waals surface area contributed by atoms with Crippen LogP contribution in [0.4, 0.5) is 0 Å². The van der Waals surface area contributed by atoms with Gasteiger partial charge in [0.2, 0.25) is 0 Å². The maximum Gasteiger partial charge on any atom is 0.335 e. The highest BCUT2D eigenvalue weighted by Gasteiger charge is 2.20. The highest BCUT2D eigenvalue weighted by atomic mass is 16.6. The summed E-state index contributed by atoms with van der Waals surface area (Å²) in [5.41, 5.74) is 0.995. The molecule has 3 aromatic carbocycles. The fourth-order valence-electron chi connectivity index (χ4n) is 3.31. The van der Waals surface area contributed by atoms with Gasteiger partial charge in [0.1, 0.15) is 23.0 Å². The first-order valence-corrected chi connectivity index (χ1v) is 12.1. The van der Waals surface area contributed by atoms with Crippen LogP contribution in [0.5, 0.6) is 23.0 Å². The van der Waals surface area contributed by atoms with Crippen molar-refractivity contribution in [2.45, 2.75) is 39.2 Å². The van der Waals surface area contributed by atoms with Crippen LogP contribution in [0.1, 0.15) is 32.3 Å². The van der Waals surface area contributed by atoms with Crippen molar-refractivity contribution in [1.29, 1.82) is 0 Å². The molecule has 186 valence electrons. The Labute approximate surface area is 207 Å². The molecule has 0 aliphatic rings. The Morgan fingerprint density at radius 1 is 0.714 bits per heavy atom. The Hall–Kier alpha value is -3.51. The molecule has 3 aromatic rings. The number of esters is 1. The molecule has 0 amide bonds. The van der Waals surface area contributed by atoms with Crippen LogP contribution in [0.2, 0.25) is 0 Å². The Balaban J connectivity index is 1.36. The average Bonchev–Trinajstić information content (AvgIpc) is 2.89. The monoisotopic (exact) mass is 478 g/mol. The van der Waals surface area contributed by atoms with Gasteiger partial charge >= 0.3 is 5.97 Å². The third kappa shape index (κ3) is 9.33. The van der Waals surface area contributed by atoms with E-state index in [2.05, 4.69) is 0 Å². The molecule has 6 nitrogen and oxygen atoms in total. The Kier molecular flexibility index (Phi) is 11.0. The van der Waals surface area contributed by atoms with E-state index in [1.165, 1.54) is 0 Å². The molecule has 0 fully saturated rings. The number of hydrogen-bond acceptors (Lipinski definition) is 6. The Bertz CT molecular complexity index is 986. The topological polar surface area (TPSA) is 63.2 Å². The predicted molar refractivity (Wildman–Crippen MR) is 135 cm³/mol. The molecule has 0 aliphatic heterocycles. The van der Waals surface area contributed by atoms with Crippen LogP contribution in [-0.2, 0) is 20.7 Å². The van der Waals surface area contributed by atoms with Gasteiger partial charge in [-0.2, -0.15) is 0 Å². The minimum atomic E-state index is -0.585. The van der Waals surface area contributed by atoms with E-state index in [4.69, 9.17) is 23.7 Å². The van der Waals surface area contributed by atoms with E-state index >= 15 is 0 Å². The molecule has 3 rings (SSSR count). The summed E-state index contributed by atoms with van der Waals surface area (Å²) in [6.45, 7) is 5.76. The molecule has 1 atom stereocenters. The molecule has 0 spiro atoms. The van der Waals surface area contributed by atoms with Gasteiger partial charge < -0.3 is 23.7 Å². The van der Waals surface area contributed by atoms with Crippen LogP contribution in [0.15, 0.2) is 78.9 Å². The Morgan fingerprint density at radius 2 is 1.29 bits per heavy atom. The van der Waals surface area contributed by atoms with Gasteiger partial charge in [0.25, 0.3) is 0 Å². The van der Waals surface area contributed by atoms with Crippen molar-refractivity contribution < 1.29 is 28.5 Å². The van der Waals surface area contributed by atoms with Crippen molar-refractivity contribution in [2.75, 3.05) is 26.4 Å². The molecular weight excluding hydrogens is 444 g/mol. The van der Waals surface area contributed by atoms with Crippen LogP contribution in [0.25, 0.3) is 0 Å². The van der Waals surface area contributed by atoms with Crippen molar-refractivity contribution in [3.05, 3.63) is 84.4 Å². The van der Waals surface area contributed by atoms with Crippen LogP contribution in [0.3, 0.4) is 0 Å². The lowest BCUT2D eigenvalue weighted by molar-refractivity contribution is -0.156. The second kappa shape index (κ2) is 14.7. The zero-order valence-corrected chi connectivity index (χ0v) is 20.5. The van der Waals surface area contributed by atoms with Crippen molar-refractivity contribution >= 4 is 5.97 Å². The third-order valence-corrected chi connectivity index (χ3v) is 5.05. The lowest BCUT2D eigenvalue weighted by atomic mass is 10.1. The second-order valence-electron chi connectivity index (χ2n) is 7.90. The third-order valence-electron chi connectivity index (χ3n) is 5.05. The molecule has 6 heteroatoms. The molecule has 0 radical (unpaired) electrons. The molecule has 0 saturated heterocycles. The number of hydrogen-bond donors (Lipinski definition) is 0. The maximum absolute atomic E-state index is 12.1. The van der Waals surface area contributed by atoms with Gasteiger partial charge in [-0.15, -0.1) is 0 Å². The lowest BCUT2D eigenvalue weighted by Crippen LogP contribution is -2.29. The minimum Gasteiger partial charge on any atom is -0.493 e. The molecule has 0 bridgehead atoms. The summed E-state index contributed by atoms with van der Waals surface area (Å²) in [6.07, 6.45) is 1.49. The number of carbonyl (C=O) groups is 1. The second-order valence-corrected chi connectivity index (χ2v) is 7.90. The van der Waals surface area contributed by atoms with Crippen LogP contribution < -0.4 is 14.2 Å². The molecule has 0 saturated carbocycles. The first kappa shape index (κ1) is 26.1. The highest BCUT2D eigenvalue weighted by molar-refractivity contribution is 5.75. The van der Waals surface area contributed by atoms with E-state index in [0.29, 0.717) is 32.8 Å². The number of carbonyl (C=O) groups excluding carboxylic acids is 1. The van der Waals surface area contributed by atoms with E-state index in [9.17, 15) is 4.79 Å². The zero-order chi connectivity index (χ0) is 24.7. The van der Waals surface area contributed by atoms with E-state index in [-0.39, 0.29) is 5.97 Å². The summed E-state index contributed by atoms with van der Waals surface area (Å²) in [7, 11) is 0. The van der Waals surface area contributed by atoms with Gasteiger partial charge in [-0.25, -0.2) is 4.79 Å². The van der Waals surface area contributed by atoms with Gasteiger partial charge in [-0.3, -0.25) is 0 Å². The summed E-state index contributed by atoms with van der Waals surface area (Å²) in [6, 6.07) is 24.9. The zero-order valence-electron chi connectivity index (χ0n) is 20.5. The molecule has 0 aromatic heterocycles.